The van der Waals surface area contributed by atoms with Gasteiger partial charge in [0.25, 0.3) is 0 Å². The zero-order valence-corrected chi connectivity index (χ0v) is 35.7. The Bertz CT molecular complexity index is 2510. The molecule has 0 radical (unpaired) electrons. The lowest BCUT2D eigenvalue weighted by Gasteiger charge is -2.10. The van der Waals surface area contributed by atoms with Crippen LogP contribution in [0.4, 0.5) is 0 Å². The summed E-state index contributed by atoms with van der Waals surface area (Å²) >= 11 is 28.5. The fourth-order valence-electron chi connectivity index (χ4n) is 7.54. The maximum atomic E-state index is 12.1. The molecule has 0 unspecified atom stereocenters. The molecule has 0 amide bonds. The van der Waals surface area contributed by atoms with Crippen LogP contribution in [0.15, 0.2) is 58.1 Å². The van der Waals surface area contributed by atoms with Gasteiger partial charge >= 0.3 is 10.1 Å². The highest BCUT2D eigenvalue weighted by atomic mass is 35.5. The van der Waals surface area contributed by atoms with Gasteiger partial charge in [-0.15, -0.1) is 22.7 Å². The number of ether oxygens (including phenoxy) is 2. The largest absolute Gasteiger partial charge is 0.375 e. The van der Waals surface area contributed by atoms with Gasteiger partial charge in [-0.2, -0.15) is 18.6 Å². The lowest BCUT2D eigenvalue weighted by molar-refractivity contribution is 0.105. The number of rotatable bonds is 14. The van der Waals surface area contributed by atoms with Gasteiger partial charge in [-0.25, -0.2) is 9.36 Å². The Morgan fingerprint density at radius 2 is 1.21 bits per heavy atom. The molecule has 0 atom stereocenters. The van der Waals surface area contributed by atoms with Crippen LogP contribution in [-0.2, 0) is 58.5 Å². The molecule has 1 N–H and O–H groups in total. The van der Waals surface area contributed by atoms with Crippen molar-refractivity contribution < 1.29 is 22.4 Å². The molecule has 294 valence electrons. The zero-order valence-electron chi connectivity index (χ0n) is 30.2. The molecule has 0 spiro atoms. The summed E-state index contributed by atoms with van der Waals surface area (Å²) in [4.78, 5) is 1.99. The molecule has 6 aromatic rings. The van der Waals surface area contributed by atoms with Crippen LogP contribution in [-0.4, -0.2) is 45.7 Å². The molecule has 0 aliphatic heterocycles. The van der Waals surface area contributed by atoms with E-state index in [1.165, 1.54) is 16.0 Å². The summed E-state index contributed by atoms with van der Waals surface area (Å²) in [6.07, 6.45) is 9.06. The highest BCUT2D eigenvalue weighted by Crippen LogP contribution is 2.44. The smallest absolute Gasteiger partial charge is 0.304 e. The normalized spacial score (nSPS) is 13.9. The second kappa shape index (κ2) is 17.2. The van der Waals surface area contributed by atoms with Gasteiger partial charge in [-0.1, -0.05) is 59.2 Å². The number of aromatic nitrogens is 4. The highest BCUT2D eigenvalue weighted by Gasteiger charge is 2.30. The third kappa shape index (κ3) is 8.38. The van der Waals surface area contributed by atoms with Crippen LogP contribution in [0.1, 0.15) is 72.2 Å². The predicted octanol–water partition coefficient (Wildman–Crippen LogP) is 11.6. The number of halogens is 4. The van der Waals surface area contributed by atoms with Gasteiger partial charge in [-0.05, 0) is 116 Å². The Morgan fingerprint density at radius 1 is 0.679 bits per heavy atom. The molecule has 0 saturated heterocycles. The number of nitrogens with zero attached hydrogens (tertiary/aromatic N) is 4. The summed E-state index contributed by atoms with van der Waals surface area (Å²) in [5.74, 6) is 0. The van der Waals surface area contributed by atoms with E-state index in [4.69, 9.17) is 66.1 Å². The van der Waals surface area contributed by atoms with Crippen LogP contribution < -0.4 is 0 Å². The SMILES string of the molecule is O=S(=O)(O)c1cc2c(s1)-c1c(c(COCCCCCCOCc3nn(-c4ccc(Cl)cc4Cl)c4c3CCCc3ccsc3-4)nn1-c1ccc(Cl)cc1Cl)CCC2. The molecule has 4 aromatic heterocycles. The van der Waals surface area contributed by atoms with E-state index in [1.54, 1.807) is 46.4 Å². The summed E-state index contributed by atoms with van der Waals surface area (Å²) in [5.41, 5.74) is 9.46. The van der Waals surface area contributed by atoms with Gasteiger partial charge in [0.2, 0.25) is 0 Å². The van der Waals surface area contributed by atoms with Crippen molar-refractivity contribution in [2.75, 3.05) is 13.2 Å². The second-order valence-corrected chi connectivity index (χ2v) is 19.3. The number of unbranched alkanes of at least 4 members (excludes halogenated alkanes) is 3. The molecule has 8 rings (SSSR count). The number of hydrogen-bond acceptors (Lipinski definition) is 8. The Morgan fingerprint density at radius 3 is 1.75 bits per heavy atom. The van der Waals surface area contributed by atoms with E-state index in [0.717, 1.165) is 114 Å². The first-order valence-corrected chi connectivity index (χ1v) is 23.2. The molecular formula is C40H38Cl4N4O5S3. The average Bonchev–Trinajstić information content (AvgIpc) is 3.90. The molecule has 0 saturated carbocycles. The first-order valence-electron chi connectivity index (χ1n) is 18.5. The second-order valence-electron chi connectivity index (χ2n) is 14.0. The number of benzene rings is 2. The Hall–Kier alpha value is -2.75. The Balaban J connectivity index is 0.872. The fraction of sp³-hybridized carbons (Fsp3) is 0.350. The van der Waals surface area contributed by atoms with Gasteiger partial charge in [0.1, 0.15) is 4.21 Å². The number of fused-ring (bicyclic) bond motifs is 6. The minimum Gasteiger partial charge on any atom is -0.375 e. The summed E-state index contributed by atoms with van der Waals surface area (Å²) in [5, 5.41) is 14.2. The number of thiophene rings is 2. The van der Waals surface area contributed by atoms with Gasteiger partial charge in [0.15, 0.2) is 0 Å². The van der Waals surface area contributed by atoms with E-state index in [0.29, 0.717) is 58.6 Å². The van der Waals surface area contributed by atoms with Crippen molar-refractivity contribution in [2.45, 2.75) is 81.6 Å². The van der Waals surface area contributed by atoms with Crippen molar-refractivity contribution in [1.82, 2.24) is 19.6 Å². The van der Waals surface area contributed by atoms with Crippen molar-refractivity contribution in [3.8, 4) is 32.5 Å². The zero-order chi connectivity index (χ0) is 39.0. The monoisotopic (exact) mass is 890 g/mol. The molecule has 56 heavy (non-hydrogen) atoms. The van der Waals surface area contributed by atoms with Crippen molar-refractivity contribution in [2.24, 2.45) is 0 Å². The minimum absolute atomic E-state index is 0.0876. The average molecular weight is 893 g/mol. The molecule has 2 aliphatic rings. The summed E-state index contributed by atoms with van der Waals surface area (Å²) in [6, 6.07) is 14.5. The minimum atomic E-state index is -4.36. The maximum absolute atomic E-state index is 12.1. The standard InChI is InChI=1S/C40H38Cl4N4O5S3/c41-26-11-13-34(30(43)20-26)47-37-28(9-5-7-24-15-18-54-39(24)37)32(45-47)22-52-16-3-1-2-4-17-53-23-33-29-10-6-8-25-19-36(56(49,50)51)55-40(25)38(29)48(46-33)35-14-12-27(42)21-31(35)44/h11-15,18-21H,1-10,16-17,22-23H2,(H,49,50,51). The van der Waals surface area contributed by atoms with Crippen molar-refractivity contribution in [3.05, 3.63) is 108 Å². The van der Waals surface area contributed by atoms with Gasteiger partial charge in [-0.3, -0.25) is 4.55 Å². The third-order valence-corrected chi connectivity index (χ3v) is 14.7. The van der Waals surface area contributed by atoms with Crippen LogP contribution in [0, 0.1) is 0 Å². The molecule has 2 aliphatic carbocycles. The Kier molecular flexibility index (Phi) is 12.3. The summed E-state index contributed by atoms with van der Waals surface area (Å²) in [7, 11) is -4.36. The lowest BCUT2D eigenvalue weighted by atomic mass is 10.1. The van der Waals surface area contributed by atoms with E-state index < -0.39 is 10.1 Å². The van der Waals surface area contributed by atoms with Crippen LogP contribution in [0.5, 0.6) is 0 Å². The van der Waals surface area contributed by atoms with Crippen LogP contribution in [0.25, 0.3) is 32.5 Å². The fourth-order valence-corrected chi connectivity index (χ4v) is 11.5. The first-order chi connectivity index (χ1) is 27.1. The van der Waals surface area contributed by atoms with E-state index in [1.807, 2.05) is 16.8 Å². The van der Waals surface area contributed by atoms with Gasteiger partial charge in [0.05, 0.1) is 67.2 Å². The van der Waals surface area contributed by atoms with Crippen LogP contribution in [0.3, 0.4) is 0 Å². The summed E-state index contributed by atoms with van der Waals surface area (Å²) in [6.45, 7) is 1.95. The quantitative estimate of drug-likeness (QED) is 0.0857. The van der Waals surface area contributed by atoms with Crippen molar-refractivity contribution >= 4 is 79.2 Å². The molecule has 4 heterocycles. The summed E-state index contributed by atoms with van der Waals surface area (Å²) < 4.78 is 50.0. The molecule has 0 fully saturated rings. The van der Waals surface area contributed by atoms with E-state index in [9.17, 15) is 13.0 Å². The Labute approximate surface area is 353 Å². The van der Waals surface area contributed by atoms with E-state index in [2.05, 4.69) is 11.4 Å². The topological polar surface area (TPSA) is 108 Å². The molecule has 0 bridgehead atoms. The van der Waals surface area contributed by atoms with Crippen LogP contribution >= 0.6 is 69.1 Å². The first kappa shape index (κ1) is 40.0. The predicted molar refractivity (Wildman–Crippen MR) is 225 cm³/mol. The lowest BCUT2D eigenvalue weighted by Crippen LogP contribution is -2.03. The highest BCUT2D eigenvalue weighted by molar-refractivity contribution is 7.88. The van der Waals surface area contributed by atoms with E-state index in [-0.39, 0.29) is 4.21 Å². The van der Waals surface area contributed by atoms with Crippen molar-refractivity contribution in [1.29, 1.82) is 0 Å². The maximum Gasteiger partial charge on any atom is 0.304 e. The molecule has 9 nitrogen and oxygen atoms in total. The molecule has 2 aromatic carbocycles. The van der Waals surface area contributed by atoms with Crippen LogP contribution in [0.2, 0.25) is 20.1 Å². The number of hydrogen-bond donors (Lipinski definition) is 1. The number of aryl methyl sites for hydroxylation is 2. The van der Waals surface area contributed by atoms with Gasteiger partial charge < -0.3 is 9.47 Å². The third-order valence-electron chi connectivity index (χ3n) is 10.2. The van der Waals surface area contributed by atoms with Crippen molar-refractivity contribution in [3.63, 3.8) is 0 Å². The molecular weight excluding hydrogens is 854 g/mol. The molecule has 16 heteroatoms. The van der Waals surface area contributed by atoms with E-state index >= 15 is 0 Å². The van der Waals surface area contributed by atoms with Gasteiger partial charge in [0, 0.05) is 34.4 Å².